The summed E-state index contributed by atoms with van der Waals surface area (Å²) in [6, 6.07) is 10.5. The SMILES string of the molecule is Cc1cccc(C(N)=O)c1Nc1c(C)cccc1C(N)=O. The van der Waals surface area contributed by atoms with Gasteiger partial charge in [-0.2, -0.15) is 0 Å². The molecule has 0 heterocycles. The molecule has 0 aliphatic rings. The highest BCUT2D eigenvalue weighted by molar-refractivity contribution is 6.03. The monoisotopic (exact) mass is 283 g/mol. The van der Waals surface area contributed by atoms with Crippen molar-refractivity contribution in [2.75, 3.05) is 5.32 Å². The van der Waals surface area contributed by atoms with Gasteiger partial charge in [-0.3, -0.25) is 9.59 Å². The zero-order chi connectivity index (χ0) is 15.6. The lowest BCUT2D eigenvalue weighted by atomic mass is 10.0. The van der Waals surface area contributed by atoms with Crippen LogP contribution in [0.25, 0.3) is 0 Å². The van der Waals surface area contributed by atoms with E-state index in [2.05, 4.69) is 5.32 Å². The number of nitrogens with one attached hydrogen (secondary N) is 1. The highest BCUT2D eigenvalue weighted by atomic mass is 16.1. The van der Waals surface area contributed by atoms with Crippen molar-refractivity contribution in [1.29, 1.82) is 0 Å². The molecule has 0 unspecified atom stereocenters. The number of hydrogen-bond acceptors (Lipinski definition) is 3. The third kappa shape index (κ3) is 2.86. The van der Waals surface area contributed by atoms with Gasteiger partial charge in [0.05, 0.1) is 22.5 Å². The van der Waals surface area contributed by atoms with Gasteiger partial charge in [0.15, 0.2) is 0 Å². The summed E-state index contributed by atoms with van der Waals surface area (Å²) in [5.74, 6) is -1.06. The lowest BCUT2D eigenvalue weighted by Gasteiger charge is -2.17. The number of aryl methyl sites for hydroxylation is 2. The smallest absolute Gasteiger partial charge is 0.250 e. The molecule has 108 valence electrons. The van der Waals surface area contributed by atoms with Gasteiger partial charge < -0.3 is 16.8 Å². The number of benzene rings is 2. The molecule has 0 spiro atoms. The molecule has 5 nitrogen and oxygen atoms in total. The molecule has 21 heavy (non-hydrogen) atoms. The summed E-state index contributed by atoms with van der Waals surface area (Å²) in [6.45, 7) is 3.72. The van der Waals surface area contributed by atoms with Crippen LogP contribution in [0, 0.1) is 13.8 Å². The first kappa shape index (κ1) is 14.6. The van der Waals surface area contributed by atoms with E-state index in [1.807, 2.05) is 26.0 Å². The Bertz CT molecular complexity index is 662. The fraction of sp³-hybridized carbons (Fsp3) is 0.125. The number of rotatable bonds is 4. The van der Waals surface area contributed by atoms with E-state index in [9.17, 15) is 9.59 Å². The standard InChI is InChI=1S/C16H17N3O2/c1-9-5-3-7-11(15(17)20)13(9)19-14-10(2)6-4-8-12(14)16(18)21/h3-8,19H,1-2H3,(H2,17,20)(H2,18,21). The van der Waals surface area contributed by atoms with Crippen molar-refractivity contribution in [3.05, 3.63) is 58.7 Å². The van der Waals surface area contributed by atoms with E-state index in [4.69, 9.17) is 11.5 Å². The van der Waals surface area contributed by atoms with Gasteiger partial charge in [-0.25, -0.2) is 0 Å². The van der Waals surface area contributed by atoms with Gasteiger partial charge >= 0.3 is 0 Å². The Morgan fingerprint density at radius 2 is 1.19 bits per heavy atom. The maximum Gasteiger partial charge on any atom is 0.250 e. The van der Waals surface area contributed by atoms with Gasteiger partial charge in [-0.05, 0) is 37.1 Å². The first-order chi connectivity index (χ1) is 9.91. The van der Waals surface area contributed by atoms with Crippen molar-refractivity contribution in [3.8, 4) is 0 Å². The van der Waals surface area contributed by atoms with Crippen LogP contribution < -0.4 is 16.8 Å². The maximum atomic E-state index is 11.6. The van der Waals surface area contributed by atoms with Gasteiger partial charge in [-0.15, -0.1) is 0 Å². The lowest BCUT2D eigenvalue weighted by Crippen LogP contribution is -2.17. The average molecular weight is 283 g/mol. The summed E-state index contributed by atoms with van der Waals surface area (Å²) in [7, 11) is 0. The summed E-state index contributed by atoms with van der Waals surface area (Å²) in [5, 5.41) is 3.14. The molecule has 0 bridgehead atoms. The minimum Gasteiger partial charge on any atom is -0.366 e. The fourth-order valence-electron chi connectivity index (χ4n) is 2.20. The van der Waals surface area contributed by atoms with Crippen LogP contribution in [0.4, 0.5) is 11.4 Å². The molecule has 0 fully saturated rings. The molecule has 0 aliphatic carbocycles. The highest BCUT2D eigenvalue weighted by Gasteiger charge is 2.15. The second kappa shape index (κ2) is 5.66. The minimum atomic E-state index is -0.532. The van der Waals surface area contributed by atoms with Crippen LogP contribution in [0.2, 0.25) is 0 Å². The number of carbonyl (C=O) groups is 2. The Morgan fingerprint density at radius 3 is 1.52 bits per heavy atom. The van der Waals surface area contributed by atoms with Gasteiger partial charge in [0.1, 0.15) is 0 Å². The first-order valence-corrected chi connectivity index (χ1v) is 6.47. The number of carbonyl (C=O) groups excluding carboxylic acids is 2. The molecule has 2 amide bonds. The Hall–Kier alpha value is -2.82. The molecular weight excluding hydrogens is 266 g/mol. The second-order valence-electron chi connectivity index (χ2n) is 4.85. The van der Waals surface area contributed by atoms with Crippen molar-refractivity contribution in [2.24, 2.45) is 11.5 Å². The summed E-state index contributed by atoms with van der Waals surface area (Å²) in [4.78, 5) is 23.1. The zero-order valence-corrected chi connectivity index (χ0v) is 11.9. The topological polar surface area (TPSA) is 98.2 Å². The maximum absolute atomic E-state index is 11.6. The van der Waals surface area contributed by atoms with Crippen molar-refractivity contribution < 1.29 is 9.59 Å². The van der Waals surface area contributed by atoms with Crippen LogP contribution in [0.3, 0.4) is 0 Å². The van der Waals surface area contributed by atoms with Crippen molar-refractivity contribution in [1.82, 2.24) is 0 Å². The van der Waals surface area contributed by atoms with Gasteiger partial charge in [-0.1, -0.05) is 24.3 Å². The Balaban J connectivity index is 2.59. The molecule has 2 aromatic carbocycles. The molecule has 0 saturated heterocycles. The van der Waals surface area contributed by atoms with Crippen LogP contribution in [-0.4, -0.2) is 11.8 Å². The lowest BCUT2D eigenvalue weighted by molar-refractivity contribution is 0.0993. The number of para-hydroxylation sites is 2. The van der Waals surface area contributed by atoms with E-state index in [1.54, 1.807) is 24.3 Å². The Kier molecular flexibility index (Phi) is 3.93. The largest absolute Gasteiger partial charge is 0.366 e. The normalized spacial score (nSPS) is 10.2. The van der Waals surface area contributed by atoms with E-state index in [0.717, 1.165) is 11.1 Å². The van der Waals surface area contributed by atoms with Crippen LogP contribution >= 0.6 is 0 Å². The molecule has 2 rings (SSSR count). The first-order valence-electron chi connectivity index (χ1n) is 6.47. The summed E-state index contributed by atoms with van der Waals surface area (Å²) < 4.78 is 0. The third-order valence-electron chi connectivity index (χ3n) is 3.33. The van der Waals surface area contributed by atoms with Gasteiger partial charge in [0, 0.05) is 0 Å². The number of hydrogen-bond donors (Lipinski definition) is 3. The van der Waals surface area contributed by atoms with E-state index in [0.29, 0.717) is 22.5 Å². The number of primary amides is 2. The van der Waals surface area contributed by atoms with Crippen LogP contribution in [0.15, 0.2) is 36.4 Å². The van der Waals surface area contributed by atoms with Gasteiger partial charge in [0.25, 0.3) is 11.8 Å². The predicted octanol–water partition coefficient (Wildman–Crippen LogP) is 2.24. The molecule has 0 saturated carbocycles. The quantitative estimate of drug-likeness (QED) is 0.802. The molecule has 0 aliphatic heterocycles. The van der Waals surface area contributed by atoms with Crippen molar-refractivity contribution in [3.63, 3.8) is 0 Å². The second-order valence-corrected chi connectivity index (χ2v) is 4.85. The fourth-order valence-corrected chi connectivity index (χ4v) is 2.20. The van der Waals surface area contributed by atoms with Crippen molar-refractivity contribution >= 4 is 23.2 Å². The van der Waals surface area contributed by atoms with E-state index in [-0.39, 0.29) is 0 Å². The third-order valence-corrected chi connectivity index (χ3v) is 3.33. The number of anilines is 2. The number of amides is 2. The summed E-state index contributed by atoms with van der Waals surface area (Å²) in [5.41, 5.74) is 14.4. The summed E-state index contributed by atoms with van der Waals surface area (Å²) >= 11 is 0. The minimum absolute atomic E-state index is 0.369. The summed E-state index contributed by atoms with van der Waals surface area (Å²) in [6.07, 6.45) is 0. The van der Waals surface area contributed by atoms with E-state index < -0.39 is 11.8 Å². The molecule has 0 aromatic heterocycles. The van der Waals surface area contributed by atoms with Gasteiger partial charge in [0.2, 0.25) is 0 Å². The number of nitrogens with two attached hydrogens (primary N) is 2. The van der Waals surface area contributed by atoms with Crippen LogP contribution in [-0.2, 0) is 0 Å². The predicted molar refractivity (Wildman–Crippen MR) is 82.7 cm³/mol. The molecule has 2 aromatic rings. The van der Waals surface area contributed by atoms with E-state index >= 15 is 0 Å². The molecule has 5 heteroatoms. The zero-order valence-electron chi connectivity index (χ0n) is 11.9. The Labute approximate surface area is 123 Å². The molecular formula is C16H17N3O2. The van der Waals surface area contributed by atoms with Crippen LogP contribution in [0.1, 0.15) is 31.8 Å². The van der Waals surface area contributed by atoms with Crippen LogP contribution in [0.5, 0.6) is 0 Å². The Morgan fingerprint density at radius 1 is 0.810 bits per heavy atom. The van der Waals surface area contributed by atoms with E-state index in [1.165, 1.54) is 0 Å². The average Bonchev–Trinajstić information content (AvgIpc) is 2.42. The molecule has 5 N–H and O–H groups in total. The molecule has 0 radical (unpaired) electrons. The van der Waals surface area contributed by atoms with Crippen molar-refractivity contribution in [2.45, 2.75) is 13.8 Å². The molecule has 0 atom stereocenters. The highest BCUT2D eigenvalue weighted by Crippen LogP contribution is 2.29.